The van der Waals surface area contributed by atoms with Gasteiger partial charge in [0.1, 0.15) is 0 Å². The lowest BCUT2D eigenvalue weighted by molar-refractivity contribution is -0.150. The van der Waals surface area contributed by atoms with E-state index in [0.29, 0.717) is 13.2 Å². The summed E-state index contributed by atoms with van der Waals surface area (Å²) in [5.41, 5.74) is 0. The molecule has 1 aromatic rings. The Kier molecular flexibility index (Phi) is 6.10. The van der Waals surface area contributed by atoms with E-state index in [-0.39, 0.29) is 11.9 Å². The zero-order valence-electron chi connectivity index (χ0n) is 13.0. The van der Waals surface area contributed by atoms with Gasteiger partial charge in [-0.1, -0.05) is 13.3 Å². The fourth-order valence-electron chi connectivity index (χ4n) is 2.67. The Morgan fingerprint density at radius 3 is 3.05 bits per heavy atom. The average Bonchev–Trinajstić information content (AvgIpc) is 2.93. The number of aryl methyl sites for hydroxylation is 1. The Bertz CT molecular complexity index is 448. The maximum atomic E-state index is 11.9. The van der Waals surface area contributed by atoms with Crippen LogP contribution in [-0.2, 0) is 22.6 Å². The first kappa shape index (κ1) is 15.9. The van der Waals surface area contributed by atoms with Crippen LogP contribution in [-0.4, -0.2) is 50.8 Å². The molecule has 0 unspecified atom stereocenters. The van der Waals surface area contributed by atoms with E-state index in [1.807, 2.05) is 11.6 Å². The van der Waals surface area contributed by atoms with E-state index in [1.54, 1.807) is 0 Å². The highest BCUT2D eigenvalue weighted by atomic mass is 16.5. The first-order valence-corrected chi connectivity index (χ1v) is 7.88. The highest BCUT2D eigenvalue weighted by Gasteiger charge is 2.27. The number of likely N-dealkylation sites (tertiary alicyclic amines) is 1. The summed E-state index contributed by atoms with van der Waals surface area (Å²) in [7, 11) is 0. The summed E-state index contributed by atoms with van der Waals surface area (Å²) in [6.45, 7) is 7.72. The van der Waals surface area contributed by atoms with E-state index in [9.17, 15) is 4.79 Å². The van der Waals surface area contributed by atoms with Gasteiger partial charge in [0.15, 0.2) is 5.82 Å². The number of carbonyl (C=O) groups is 1. The van der Waals surface area contributed by atoms with E-state index in [4.69, 9.17) is 4.74 Å². The van der Waals surface area contributed by atoms with Crippen LogP contribution in [0.5, 0.6) is 0 Å². The molecule has 0 spiro atoms. The van der Waals surface area contributed by atoms with Crippen molar-refractivity contribution in [1.29, 1.82) is 0 Å². The molecule has 21 heavy (non-hydrogen) atoms. The molecule has 1 saturated heterocycles. The number of ether oxygens (including phenoxy) is 1. The van der Waals surface area contributed by atoms with Gasteiger partial charge in [0.2, 0.25) is 0 Å². The van der Waals surface area contributed by atoms with Crippen LogP contribution in [0.25, 0.3) is 0 Å². The number of nitrogens with zero attached hydrogens (tertiary/aromatic N) is 5. The molecule has 0 radical (unpaired) electrons. The Hall–Kier alpha value is -1.50. The normalized spacial score (nSPS) is 19.6. The standard InChI is InChI=1S/C14H25N5O2/c1-3-5-9-19-13(15-16-17-19)11-18-8-6-7-12(10-18)14(20)21-4-2/h12H,3-11H2,1-2H3/t12-/m0/s1. The monoisotopic (exact) mass is 295 g/mol. The molecular weight excluding hydrogens is 270 g/mol. The van der Waals surface area contributed by atoms with Gasteiger partial charge in [-0.3, -0.25) is 9.69 Å². The Balaban J connectivity index is 1.90. The van der Waals surface area contributed by atoms with Crippen LogP contribution in [0.15, 0.2) is 0 Å². The molecule has 1 atom stereocenters. The SMILES string of the molecule is CCCCn1nnnc1CN1CCC[C@H](C(=O)OCC)C1. The summed E-state index contributed by atoms with van der Waals surface area (Å²) in [6.07, 6.45) is 4.12. The Morgan fingerprint density at radius 1 is 1.43 bits per heavy atom. The number of tetrazole rings is 1. The first-order chi connectivity index (χ1) is 10.2. The van der Waals surface area contributed by atoms with Crippen molar-refractivity contribution in [2.24, 2.45) is 5.92 Å². The molecule has 0 N–H and O–H groups in total. The minimum atomic E-state index is -0.0761. The van der Waals surface area contributed by atoms with E-state index in [1.165, 1.54) is 0 Å². The lowest BCUT2D eigenvalue weighted by Crippen LogP contribution is -2.39. The molecule has 0 bridgehead atoms. The molecule has 1 aliphatic heterocycles. The van der Waals surface area contributed by atoms with Crippen LogP contribution in [0.2, 0.25) is 0 Å². The van der Waals surface area contributed by atoms with Gasteiger partial charge in [0.25, 0.3) is 0 Å². The lowest BCUT2D eigenvalue weighted by atomic mass is 9.98. The first-order valence-electron chi connectivity index (χ1n) is 7.88. The third-order valence-corrected chi connectivity index (χ3v) is 3.82. The second kappa shape index (κ2) is 8.07. The zero-order valence-corrected chi connectivity index (χ0v) is 13.0. The lowest BCUT2D eigenvalue weighted by Gasteiger charge is -2.30. The highest BCUT2D eigenvalue weighted by Crippen LogP contribution is 2.19. The Morgan fingerprint density at radius 2 is 2.29 bits per heavy atom. The van der Waals surface area contributed by atoms with E-state index < -0.39 is 0 Å². The van der Waals surface area contributed by atoms with E-state index in [0.717, 1.165) is 51.1 Å². The fraction of sp³-hybridized carbons (Fsp3) is 0.857. The van der Waals surface area contributed by atoms with Crippen LogP contribution < -0.4 is 0 Å². The number of piperidine rings is 1. The maximum Gasteiger partial charge on any atom is 0.310 e. The van der Waals surface area contributed by atoms with E-state index >= 15 is 0 Å². The van der Waals surface area contributed by atoms with Crippen molar-refractivity contribution in [1.82, 2.24) is 25.1 Å². The van der Waals surface area contributed by atoms with Crippen molar-refractivity contribution in [3.8, 4) is 0 Å². The van der Waals surface area contributed by atoms with Gasteiger partial charge in [-0.2, -0.15) is 0 Å². The number of rotatable bonds is 7. The van der Waals surface area contributed by atoms with Crippen molar-refractivity contribution >= 4 is 5.97 Å². The van der Waals surface area contributed by atoms with Gasteiger partial charge in [0, 0.05) is 13.1 Å². The van der Waals surface area contributed by atoms with Crippen molar-refractivity contribution in [3.63, 3.8) is 0 Å². The van der Waals surface area contributed by atoms with Gasteiger partial charge in [-0.05, 0) is 43.2 Å². The molecule has 1 fully saturated rings. The minimum Gasteiger partial charge on any atom is -0.466 e. The third-order valence-electron chi connectivity index (χ3n) is 3.82. The molecule has 0 aliphatic carbocycles. The fourth-order valence-corrected chi connectivity index (χ4v) is 2.67. The molecule has 2 rings (SSSR count). The second-order valence-corrected chi connectivity index (χ2v) is 5.50. The number of hydrogen-bond donors (Lipinski definition) is 0. The molecule has 1 aliphatic rings. The molecular formula is C14H25N5O2. The quantitative estimate of drug-likeness (QED) is 0.705. The van der Waals surface area contributed by atoms with Gasteiger partial charge in [-0.25, -0.2) is 4.68 Å². The number of unbranched alkanes of at least 4 members (excludes halogenated alkanes) is 1. The topological polar surface area (TPSA) is 73.1 Å². The number of hydrogen-bond acceptors (Lipinski definition) is 6. The third kappa shape index (κ3) is 4.49. The van der Waals surface area contributed by atoms with Gasteiger partial charge < -0.3 is 4.74 Å². The minimum absolute atomic E-state index is 0.0151. The van der Waals surface area contributed by atoms with Crippen molar-refractivity contribution in [2.75, 3.05) is 19.7 Å². The molecule has 7 nitrogen and oxygen atoms in total. The van der Waals surface area contributed by atoms with Crippen molar-refractivity contribution in [3.05, 3.63) is 5.82 Å². The van der Waals surface area contributed by atoms with Gasteiger partial charge >= 0.3 is 5.97 Å². The molecule has 0 aromatic carbocycles. The van der Waals surface area contributed by atoms with Gasteiger partial charge in [0.05, 0.1) is 19.1 Å². The molecule has 0 amide bonds. The Labute approximate surface area is 125 Å². The van der Waals surface area contributed by atoms with E-state index in [2.05, 4.69) is 27.3 Å². The molecule has 0 saturated carbocycles. The van der Waals surface area contributed by atoms with Crippen LogP contribution in [0.4, 0.5) is 0 Å². The number of carbonyl (C=O) groups excluding carboxylic acids is 1. The summed E-state index contributed by atoms with van der Waals surface area (Å²) < 4.78 is 7.00. The summed E-state index contributed by atoms with van der Waals surface area (Å²) in [4.78, 5) is 14.1. The summed E-state index contributed by atoms with van der Waals surface area (Å²) in [6, 6.07) is 0. The van der Waals surface area contributed by atoms with Crippen LogP contribution in [0.3, 0.4) is 0 Å². The summed E-state index contributed by atoms with van der Waals surface area (Å²) >= 11 is 0. The maximum absolute atomic E-state index is 11.9. The smallest absolute Gasteiger partial charge is 0.310 e. The summed E-state index contributed by atoms with van der Waals surface area (Å²) in [5.74, 6) is 0.791. The zero-order chi connectivity index (χ0) is 15.1. The van der Waals surface area contributed by atoms with Crippen LogP contribution >= 0.6 is 0 Å². The second-order valence-electron chi connectivity index (χ2n) is 5.50. The highest BCUT2D eigenvalue weighted by molar-refractivity contribution is 5.72. The van der Waals surface area contributed by atoms with Gasteiger partial charge in [-0.15, -0.1) is 5.10 Å². The van der Waals surface area contributed by atoms with Crippen LogP contribution in [0, 0.1) is 5.92 Å². The number of aromatic nitrogens is 4. The average molecular weight is 295 g/mol. The largest absolute Gasteiger partial charge is 0.466 e. The molecule has 7 heteroatoms. The predicted molar refractivity (Wildman–Crippen MR) is 77.4 cm³/mol. The predicted octanol–water partition coefficient (Wildman–Crippen LogP) is 1.25. The molecule has 2 heterocycles. The summed E-state index contributed by atoms with van der Waals surface area (Å²) in [5, 5.41) is 11.9. The van der Waals surface area contributed by atoms with Crippen molar-refractivity contribution in [2.45, 2.75) is 52.6 Å². The number of esters is 1. The van der Waals surface area contributed by atoms with Crippen molar-refractivity contribution < 1.29 is 9.53 Å². The molecule has 1 aromatic heterocycles. The van der Waals surface area contributed by atoms with Crippen LogP contribution in [0.1, 0.15) is 45.4 Å². The molecule has 118 valence electrons.